The number of methoxy groups -OCH3 is 1. The van der Waals surface area contributed by atoms with Gasteiger partial charge in [0.25, 0.3) is 0 Å². The van der Waals surface area contributed by atoms with Crippen molar-refractivity contribution in [3.8, 4) is 5.75 Å². The Hall–Kier alpha value is -2.04. The molecule has 2 N–H and O–H groups in total. The van der Waals surface area contributed by atoms with Crippen LogP contribution in [0.1, 0.15) is 31.2 Å². The van der Waals surface area contributed by atoms with Gasteiger partial charge in [-0.3, -0.25) is 9.59 Å². The minimum absolute atomic E-state index is 0.232. The predicted octanol–water partition coefficient (Wildman–Crippen LogP) is 2.83. The van der Waals surface area contributed by atoms with Crippen LogP contribution in [-0.2, 0) is 9.59 Å². The summed E-state index contributed by atoms with van der Waals surface area (Å²) in [5, 5.41) is 12.1. The lowest BCUT2D eigenvalue weighted by molar-refractivity contribution is -0.147. The van der Waals surface area contributed by atoms with E-state index in [-0.39, 0.29) is 5.91 Å². The van der Waals surface area contributed by atoms with Crippen LogP contribution in [0.15, 0.2) is 18.2 Å². The number of carbonyl (C=O) groups is 2. The smallest absolute Gasteiger partial charge is 0.307 e. The van der Waals surface area contributed by atoms with Crippen LogP contribution in [0, 0.1) is 18.8 Å². The Balaban J connectivity index is 2.15. The van der Waals surface area contributed by atoms with Crippen LogP contribution in [0.25, 0.3) is 0 Å². The molecule has 0 aliphatic heterocycles. The van der Waals surface area contributed by atoms with E-state index in [0.717, 1.165) is 18.4 Å². The summed E-state index contributed by atoms with van der Waals surface area (Å²) in [6, 6.07) is 5.50. The zero-order valence-electron chi connectivity index (χ0n) is 12.4. The number of carbonyl (C=O) groups excluding carboxylic acids is 1. The molecular formula is C16H21NO4. The Morgan fingerprint density at radius 1 is 1.24 bits per heavy atom. The lowest BCUT2D eigenvalue weighted by Gasteiger charge is -2.27. The number of carboxylic acids is 1. The number of rotatable bonds is 4. The van der Waals surface area contributed by atoms with Crippen molar-refractivity contribution in [3.05, 3.63) is 23.8 Å². The van der Waals surface area contributed by atoms with E-state index in [1.165, 1.54) is 0 Å². The van der Waals surface area contributed by atoms with Gasteiger partial charge in [-0.05, 0) is 37.5 Å². The van der Waals surface area contributed by atoms with Crippen LogP contribution in [0.2, 0.25) is 0 Å². The first-order valence-corrected chi connectivity index (χ1v) is 7.21. The molecule has 2 atom stereocenters. The number of aryl methyl sites for hydroxylation is 1. The Kier molecular flexibility index (Phi) is 4.83. The molecule has 2 rings (SSSR count). The molecule has 0 radical (unpaired) electrons. The van der Waals surface area contributed by atoms with Gasteiger partial charge in [0, 0.05) is 0 Å². The average molecular weight is 291 g/mol. The van der Waals surface area contributed by atoms with Crippen LogP contribution in [0.5, 0.6) is 5.75 Å². The topological polar surface area (TPSA) is 75.6 Å². The first-order valence-electron chi connectivity index (χ1n) is 7.21. The minimum atomic E-state index is -0.884. The van der Waals surface area contributed by atoms with Gasteiger partial charge < -0.3 is 15.2 Å². The van der Waals surface area contributed by atoms with Crippen molar-refractivity contribution >= 4 is 17.6 Å². The molecule has 1 amide bonds. The highest BCUT2D eigenvalue weighted by Crippen LogP contribution is 2.32. The summed E-state index contributed by atoms with van der Waals surface area (Å²) in [4.78, 5) is 23.7. The van der Waals surface area contributed by atoms with Gasteiger partial charge >= 0.3 is 5.97 Å². The third-order valence-electron chi connectivity index (χ3n) is 4.03. The fraction of sp³-hybridized carbons (Fsp3) is 0.500. The molecule has 0 spiro atoms. The maximum atomic E-state index is 12.4. The Morgan fingerprint density at radius 3 is 2.52 bits per heavy atom. The van der Waals surface area contributed by atoms with Crippen molar-refractivity contribution in [2.75, 3.05) is 12.4 Å². The van der Waals surface area contributed by atoms with E-state index < -0.39 is 17.8 Å². The zero-order chi connectivity index (χ0) is 15.4. The van der Waals surface area contributed by atoms with Gasteiger partial charge in [-0.25, -0.2) is 0 Å². The molecule has 1 aliphatic carbocycles. The normalized spacial score (nSPS) is 21.6. The first kappa shape index (κ1) is 15.4. The van der Waals surface area contributed by atoms with Gasteiger partial charge in [-0.15, -0.1) is 0 Å². The molecular weight excluding hydrogens is 270 g/mol. The highest BCUT2D eigenvalue weighted by molar-refractivity contribution is 5.96. The fourth-order valence-electron chi connectivity index (χ4n) is 2.87. The molecule has 1 aliphatic rings. The molecule has 21 heavy (non-hydrogen) atoms. The number of anilines is 1. The van der Waals surface area contributed by atoms with E-state index >= 15 is 0 Å². The number of nitrogens with one attached hydrogen (secondary N) is 1. The maximum absolute atomic E-state index is 12.4. The maximum Gasteiger partial charge on any atom is 0.307 e. The lowest BCUT2D eigenvalue weighted by atomic mass is 9.78. The van der Waals surface area contributed by atoms with E-state index in [1.807, 2.05) is 19.1 Å². The number of hydrogen-bond acceptors (Lipinski definition) is 3. The molecule has 0 aromatic heterocycles. The Morgan fingerprint density at radius 2 is 1.90 bits per heavy atom. The van der Waals surface area contributed by atoms with Crippen molar-refractivity contribution in [2.24, 2.45) is 11.8 Å². The van der Waals surface area contributed by atoms with Gasteiger partial charge in [0.2, 0.25) is 5.91 Å². The van der Waals surface area contributed by atoms with Gasteiger partial charge in [-0.1, -0.05) is 18.9 Å². The average Bonchev–Trinajstić information content (AvgIpc) is 2.48. The van der Waals surface area contributed by atoms with Crippen LogP contribution in [0.3, 0.4) is 0 Å². The number of ether oxygens (including phenoxy) is 1. The molecule has 5 nitrogen and oxygen atoms in total. The van der Waals surface area contributed by atoms with E-state index in [9.17, 15) is 14.7 Å². The second-order valence-electron chi connectivity index (χ2n) is 5.53. The third-order valence-corrected chi connectivity index (χ3v) is 4.03. The predicted molar refractivity (Wildman–Crippen MR) is 79.4 cm³/mol. The molecule has 1 aromatic carbocycles. The van der Waals surface area contributed by atoms with Crippen LogP contribution in [0.4, 0.5) is 5.69 Å². The van der Waals surface area contributed by atoms with Gasteiger partial charge in [-0.2, -0.15) is 0 Å². The summed E-state index contributed by atoms with van der Waals surface area (Å²) < 4.78 is 5.26. The van der Waals surface area contributed by atoms with Crippen molar-refractivity contribution in [1.29, 1.82) is 0 Å². The summed E-state index contributed by atoms with van der Waals surface area (Å²) in [7, 11) is 1.55. The van der Waals surface area contributed by atoms with E-state index in [1.54, 1.807) is 13.2 Å². The monoisotopic (exact) mass is 291 g/mol. The summed E-state index contributed by atoms with van der Waals surface area (Å²) >= 11 is 0. The fourth-order valence-corrected chi connectivity index (χ4v) is 2.87. The SMILES string of the molecule is COc1cc(C)ccc1NC(=O)C1CCCCC1C(=O)O. The standard InChI is InChI=1S/C16H21NO4/c1-10-7-8-13(14(9-10)21-2)17-15(18)11-5-3-4-6-12(11)16(19)20/h7-9,11-12H,3-6H2,1-2H3,(H,17,18)(H,19,20). The van der Waals surface area contributed by atoms with Crippen molar-refractivity contribution in [1.82, 2.24) is 0 Å². The summed E-state index contributed by atoms with van der Waals surface area (Å²) in [5.41, 5.74) is 1.62. The van der Waals surface area contributed by atoms with Crippen molar-refractivity contribution in [3.63, 3.8) is 0 Å². The first-order chi connectivity index (χ1) is 10.0. The number of benzene rings is 1. The molecule has 1 fully saturated rings. The molecule has 5 heteroatoms. The summed E-state index contributed by atoms with van der Waals surface area (Å²) in [5.74, 6) is -1.58. The van der Waals surface area contributed by atoms with Crippen LogP contribution >= 0.6 is 0 Å². The third kappa shape index (κ3) is 3.54. The minimum Gasteiger partial charge on any atom is -0.495 e. The highest BCUT2D eigenvalue weighted by atomic mass is 16.5. The van der Waals surface area contributed by atoms with Gasteiger partial charge in [0.15, 0.2) is 0 Å². The second-order valence-corrected chi connectivity index (χ2v) is 5.53. The molecule has 1 aromatic rings. The van der Waals surface area contributed by atoms with Crippen molar-refractivity contribution < 1.29 is 19.4 Å². The molecule has 1 saturated carbocycles. The van der Waals surface area contributed by atoms with E-state index in [4.69, 9.17) is 4.74 Å². The van der Waals surface area contributed by atoms with E-state index in [0.29, 0.717) is 24.3 Å². The Labute approximate surface area is 124 Å². The number of hydrogen-bond donors (Lipinski definition) is 2. The molecule has 0 heterocycles. The molecule has 0 bridgehead atoms. The molecule has 2 unspecified atom stereocenters. The summed E-state index contributed by atoms with van der Waals surface area (Å²) in [6.07, 6.45) is 2.96. The number of carboxylic acid groups (broad SMARTS) is 1. The number of amides is 1. The van der Waals surface area contributed by atoms with Crippen LogP contribution < -0.4 is 10.1 Å². The second kappa shape index (κ2) is 6.61. The molecule has 0 saturated heterocycles. The van der Waals surface area contributed by atoms with Crippen molar-refractivity contribution in [2.45, 2.75) is 32.6 Å². The van der Waals surface area contributed by atoms with Crippen LogP contribution in [-0.4, -0.2) is 24.1 Å². The van der Waals surface area contributed by atoms with Gasteiger partial charge in [0.05, 0.1) is 24.6 Å². The summed E-state index contributed by atoms with van der Waals surface area (Å²) in [6.45, 7) is 1.94. The van der Waals surface area contributed by atoms with Gasteiger partial charge in [0.1, 0.15) is 5.75 Å². The molecule has 114 valence electrons. The highest BCUT2D eigenvalue weighted by Gasteiger charge is 2.35. The lowest BCUT2D eigenvalue weighted by Crippen LogP contribution is -2.36. The largest absolute Gasteiger partial charge is 0.495 e. The quantitative estimate of drug-likeness (QED) is 0.894. The Bertz CT molecular complexity index is 541. The number of aliphatic carboxylic acids is 1. The van der Waals surface area contributed by atoms with E-state index in [2.05, 4.69) is 5.32 Å². The zero-order valence-corrected chi connectivity index (χ0v) is 12.4.